The van der Waals surface area contributed by atoms with Gasteiger partial charge in [0.25, 0.3) is 0 Å². The number of benzene rings is 3. The van der Waals surface area contributed by atoms with Gasteiger partial charge in [0, 0.05) is 13.1 Å². The van der Waals surface area contributed by atoms with Gasteiger partial charge in [-0.25, -0.2) is 0 Å². The second-order valence-electron chi connectivity index (χ2n) is 7.95. The first kappa shape index (κ1) is 19.7. The zero-order valence-corrected chi connectivity index (χ0v) is 17.6. The minimum atomic E-state index is 0.165. The summed E-state index contributed by atoms with van der Waals surface area (Å²) in [4.78, 5) is 2.17. The lowest BCUT2D eigenvalue weighted by Gasteiger charge is -2.29. The molecule has 152 valence electrons. The minimum absolute atomic E-state index is 0.165. The van der Waals surface area contributed by atoms with Gasteiger partial charge in [-0.05, 0) is 72.6 Å². The number of ether oxygens (including phenoxy) is 2. The van der Waals surface area contributed by atoms with Crippen molar-refractivity contribution in [1.82, 2.24) is 10.2 Å². The van der Waals surface area contributed by atoms with Gasteiger partial charge in [0.15, 0.2) is 11.5 Å². The number of methoxy groups -OCH3 is 1. The summed E-state index contributed by atoms with van der Waals surface area (Å²) in [5.74, 6) is 1.66. The second kappa shape index (κ2) is 8.85. The van der Waals surface area contributed by atoms with Crippen molar-refractivity contribution in [3.05, 3.63) is 71.3 Å². The normalized spacial score (nSPS) is 16.1. The molecule has 0 amide bonds. The van der Waals surface area contributed by atoms with Crippen molar-refractivity contribution in [2.45, 2.75) is 18.9 Å². The van der Waals surface area contributed by atoms with E-state index in [0.29, 0.717) is 6.61 Å². The molecule has 0 radical (unpaired) electrons. The molecule has 1 atom stereocenters. The summed E-state index contributed by atoms with van der Waals surface area (Å²) >= 11 is 0. The van der Waals surface area contributed by atoms with Crippen molar-refractivity contribution in [2.75, 3.05) is 40.9 Å². The molecule has 0 saturated heterocycles. The molecule has 3 aromatic rings. The number of fused-ring (bicyclic) bond motifs is 2. The zero-order chi connectivity index (χ0) is 20.2. The molecule has 0 aliphatic carbocycles. The molecule has 1 N–H and O–H groups in total. The predicted octanol–water partition coefficient (Wildman–Crippen LogP) is 4.41. The average molecular weight is 391 g/mol. The number of hydrogen-bond donors (Lipinski definition) is 1. The molecule has 1 aliphatic rings. The van der Waals surface area contributed by atoms with E-state index < -0.39 is 0 Å². The fourth-order valence-corrected chi connectivity index (χ4v) is 4.08. The summed E-state index contributed by atoms with van der Waals surface area (Å²) in [5, 5.41) is 6.24. The van der Waals surface area contributed by atoms with Crippen LogP contribution in [-0.4, -0.2) is 45.8 Å². The molecule has 3 aromatic carbocycles. The van der Waals surface area contributed by atoms with Crippen LogP contribution >= 0.6 is 0 Å². The van der Waals surface area contributed by atoms with E-state index in [0.717, 1.165) is 37.4 Å². The molecular weight excluding hydrogens is 360 g/mol. The van der Waals surface area contributed by atoms with Crippen LogP contribution < -0.4 is 14.8 Å². The molecule has 0 aromatic heterocycles. The average Bonchev–Trinajstić information content (AvgIpc) is 2.75. The van der Waals surface area contributed by atoms with Gasteiger partial charge >= 0.3 is 0 Å². The third kappa shape index (κ3) is 4.39. The van der Waals surface area contributed by atoms with Crippen molar-refractivity contribution < 1.29 is 9.47 Å². The third-order valence-electron chi connectivity index (χ3n) is 5.59. The molecule has 4 heteroatoms. The monoisotopic (exact) mass is 390 g/mol. The maximum atomic E-state index is 6.12. The molecule has 1 heterocycles. The Bertz CT molecular complexity index is 984. The summed E-state index contributed by atoms with van der Waals surface area (Å²) in [5.41, 5.74) is 3.91. The number of nitrogens with one attached hydrogen (secondary N) is 1. The summed E-state index contributed by atoms with van der Waals surface area (Å²) in [6.45, 7) is 2.65. The Morgan fingerprint density at radius 1 is 1.00 bits per heavy atom. The highest BCUT2D eigenvalue weighted by Gasteiger charge is 2.24. The van der Waals surface area contributed by atoms with Crippen LogP contribution in [0, 0.1) is 0 Å². The summed E-state index contributed by atoms with van der Waals surface area (Å²) in [6, 6.07) is 19.8. The van der Waals surface area contributed by atoms with E-state index in [1.165, 1.54) is 27.5 Å². The molecule has 29 heavy (non-hydrogen) atoms. The van der Waals surface area contributed by atoms with Crippen LogP contribution in [0.15, 0.2) is 54.6 Å². The van der Waals surface area contributed by atoms with Gasteiger partial charge < -0.3 is 19.7 Å². The van der Waals surface area contributed by atoms with Gasteiger partial charge in [-0.1, -0.05) is 36.4 Å². The van der Waals surface area contributed by atoms with E-state index >= 15 is 0 Å². The largest absolute Gasteiger partial charge is 0.493 e. The fraction of sp³-hybridized carbons (Fsp3) is 0.360. The standard InChI is InChI=1S/C25H30N2O2/c1-27(2)13-6-14-29-24-17-22-20(16-23(24)28-3)11-12-26-25(22)21-10-9-18-7-4-5-8-19(18)15-21/h4-5,7-10,15-17,25-26H,6,11-14H2,1-3H3. The first-order chi connectivity index (χ1) is 14.2. The maximum Gasteiger partial charge on any atom is 0.161 e. The Hall–Kier alpha value is -2.56. The van der Waals surface area contributed by atoms with E-state index in [-0.39, 0.29) is 6.04 Å². The lowest BCUT2D eigenvalue weighted by molar-refractivity contribution is 0.267. The van der Waals surface area contributed by atoms with Gasteiger partial charge in [0.05, 0.1) is 19.8 Å². The fourth-order valence-electron chi connectivity index (χ4n) is 4.08. The Balaban J connectivity index is 1.64. The van der Waals surface area contributed by atoms with Crippen LogP contribution in [0.4, 0.5) is 0 Å². The van der Waals surface area contributed by atoms with Crippen molar-refractivity contribution in [3.8, 4) is 11.5 Å². The second-order valence-corrected chi connectivity index (χ2v) is 7.95. The van der Waals surface area contributed by atoms with E-state index in [2.05, 4.69) is 78.9 Å². The maximum absolute atomic E-state index is 6.12. The topological polar surface area (TPSA) is 33.7 Å². The van der Waals surface area contributed by atoms with E-state index in [1.54, 1.807) is 7.11 Å². The number of nitrogens with zero attached hydrogens (tertiary/aromatic N) is 1. The lowest BCUT2D eigenvalue weighted by Crippen LogP contribution is -2.30. The van der Waals surface area contributed by atoms with Crippen molar-refractivity contribution in [2.24, 2.45) is 0 Å². The van der Waals surface area contributed by atoms with Crippen molar-refractivity contribution in [1.29, 1.82) is 0 Å². The highest BCUT2D eigenvalue weighted by Crippen LogP contribution is 2.38. The minimum Gasteiger partial charge on any atom is -0.493 e. The van der Waals surface area contributed by atoms with E-state index in [4.69, 9.17) is 9.47 Å². The zero-order valence-electron chi connectivity index (χ0n) is 17.6. The highest BCUT2D eigenvalue weighted by atomic mass is 16.5. The van der Waals surface area contributed by atoms with Crippen molar-refractivity contribution in [3.63, 3.8) is 0 Å². The Morgan fingerprint density at radius 2 is 1.83 bits per heavy atom. The molecule has 0 fully saturated rings. The van der Waals surface area contributed by atoms with Gasteiger partial charge in [-0.2, -0.15) is 0 Å². The molecule has 0 bridgehead atoms. The van der Waals surface area contributed by atoms with Crippen LogP contribution in [0.2, 0.25) is 0 Å². The van der Waals surface area contributed by atoms with Gasteiger partial charge in [-0.3, -0.25) is 0 Å². The van der Waals surface area contributed by atoms with Gasteiger partial charge in [-0.15, -0.1) is 0 Å². The van der Waals surface area contributed by atoms with E-state index in [9.17, 15) is 0 Å². The Morgan fingerprint density at radius 3 is 2.62 bits per heavy atom. The van der Waals surface area contributed by atoms with Crippen LogP contribution in [0.5, 0.6) is 11.5 Å². The summed E-state index contributed by atoms with van der Waals surface area (Å²) in [6.07, 6.45) is 1.98. The molecule has 4 rings (SSSR count). The SMILES string of the molecule is COc1cc2c(cc1OCCCN(C)C)C(c1ccc3ccccc3c1)NCC2. The first-order valence-corrected chi connectivity index (χ1v) is 10.4. The van der Waals surface area contributed by atoms with Crippen LogP contribution in [0.3, 0.4) is 0 Å². The predicted molar refractivity (Wildman–Crippen MR) is 119 cm³/mol. The van der Waals surface area contributed by atoms with Crippen LogP contribution in [-0.2, 0) is 6.42 Å². The molecule has 1 aliphatic heterocycles. The smallest absolute Gasteiger partial charge is 0.161 e. The van der Waals surface area contributed by atoms with Crippen LogP contribution in [0.1, 0.15) is 29.2 Å². The lowest BCUT2D eigenvalue weighted by atomic mass is 9.88. The Labute approximate surface area is 173 Å². The quantitative estimate of drug-likeness (QED) is 0.606. The Kier molecular flexibility index (Phi) is 6.02. The number of rotatable bonds is 7. The highest BCUT2D eigenvalue weighted by molar-refractivity contribution is 5.83. The molecule has 0 saturated carbocycles. The third-order valence-corrected chi connectivity index (χ3v) is 5.59. The van der Waals surface area contributed by atoms with Gasteiger partial charge in [0.2, 0.25) is 0 Å². The van der Waals surface area contributed by atoms with Crippen molar-refractivity contribution >= 4 is 10.8 Å². The molecule has 0 spiro atoms. The molecule has 1 unspecified atom stereocenters. The first-order valence-electron chi connectivity index (χ1n) is 10.4. The van der Waals surface area contributed by atoms with Crippen LogP contribution in [0.25, 0.3) is 10.8 Å². The molecular formula is C25H30N2O2. The summed E-state index contributed by atoms with van der Waals surface area (Å²) < 4.78 is 11.8. The number of hydrogen-bond acceptors (Lipinski definition) is 4. The molecule has 4 nitrogen and oxygen atoms in total. The van der Waals surface area contributed by atoms with E-state index in [1.807, 2.05) is 0 Å². The summed E-state index contributed by atoms with van der Waals surface area (Å²) in [7, 11) is 5.88. The van der Waals surface area contributed by atoms with Gasteiger partial charge in [0.1, 0.15) is 0 Å².